The summed E-state index contributed by atoms with van der Waals surface area (Å²) in [6.07, 6.45) is 2.45. The molecule has 0 aromatic carbocycles. The average Bonchev–Trinajstić information content (AvgIpc) is 2.29. The molecular formula is C8H14N4O3S. The Morgan fingerprint density at radius 2 is 2.00 bits per heavy atom. The van der Waals surface area contributed by atoms with Crippen molar-refractivity contribution in [3.63, 3.8) is 0 Å². The Morgan fingerprint density at radius 3 is 2.44 bits per heavy atom. The molecule has 0 saturated heterocycles. The lowest BCUT2D eigenvalue weighted by Gasteiger charge is -2.15. The zero-order chi connectivity index (χ0) is 12.2. The normalized spacial score (nSPS) is 11.8. The van der Waals surface area contributed by atoms with E-state index >= 15 is 0 Å². The van der Waals surface area contributed by atoms with Crippen LogP contribution in [0.2, 0.25) is 0 Å². The number of aromatic nitrogens is 2. The first-order valence-corrected chi connectivity index (χ1v) is 6.03. The number of rotatable bonds is 5. The first kappa shape index (κ1) is 12.8. The molecule has 2 N–H and O–H groups in total. The van der Waals surface area contributed by atoms with Crippen LogP contribution in [0.3, 0.4) is 0 Å². The van der Waals surface area contributed by atoms with Crippen LogP contribution in [0.5, 0.6) is 0 Å². The maximum absolute atomic E-state index is 11.8. The van der Waals surface area contributed by atoms with E-state index in [1.54, 1.807) is 7.05 Å². The molecule has 0 bridgehead atoms. The van der Waals surface area contributed by atoms with Crippen molar-refractivity contribution in [3.8, 4) is 0 Å². The quantitative estimate of drug-likeness (QED) is 0.701. The molecular weight excluding hydrogens is 232 g/mol. The first-order chi connectivity index (χ1) is 7.52. The predicted molar refractivity (Wildman–Crippen MR) is 58.5 cm³/mol. The van der Waals surface area contributed by atoms with E-state index in [-0.39, 0.29) is 18.0 Å². The molecule has 0 unspecified atom stereocenters. The molecule has 0 aliphatic carbocycles. The Kier molecular flexibility index (Phi) is 4.16. The zero-order valence-corrected chi connectivity index (χ0v) is 9.90. The molecule has 1 aromatic rings. The average molecular weight is 246 g/mol. The fourth-order valence-corrected chi connectivity index (χ4v) is 2.07. The highest BCUT2D eigenvalue weighted by molar-refractivity contribution is 7.89. The van der Waals surface area contributed by atoms with Gasteiger partial charge in [-0.3, -0.25) is 0 Å². The van der Waals surface area contributed by atoms with Crippen molar-refractivity contribution in [2.24, 2.45) is 0 Å². The van der Waals surface area contributed by atoms with Crippen LogP contribution in [0, 0.1) is 0 Å². The lowest BCUT2D eigenvalue weighted by atomic mass is 10.7. The van der Waals surface area contributed by atoms with Crippen LogP contribution < -0.4 is 5.32 Å². The molecule has 1 heterocycles. The van der Waals surface area contributed by atoms with Crippen LogP contribution in [-0.2, 0) is 10.0 Å². The van der Waals surface area contributed by atoms with Gasteiger partial charge in [0.2, 0.25) is 16.0 Å². The highest BCUT2D eigenvalue weighted by atomic mass is 32.2. The fourth-order valence-electron chi connectivity index (χ4n) is 1.02. The highest BCUT2D eigenvalue weighted by Gasteiger charge is 2.20. The minimum Gasteiger partial charge on any atom is -0.395 e. The van der Waals surface area contributed by atoms with E-state index in [9.17, 15) is 8.42 Å². The van der Waals surface area contributed by atoms with E-state index in [2.05, 4.69) is 15.3 Å². The van der Waals surface area contributed by atoms with Gasteiger partial charge in [-0.15, -0.1) is 0 Å². The summed E-state index contributed by atoms with van der Waals surface area (Å²) in [4.78, 5) is 7.63. The number of anilines is 1. The van der Waals surface area contributed by atoms with Crippen molar-refractivity contribution in [3.05, 3.63) is 12.4 Å². The van der Waals surface area contributed by atoms with E-state index in [1.807, 2.05) is 0 Å². The molecule has 7 nitrogen and oxygen atoms in total. The summed E-state index contributed by atoms with van der Waals surface area (Å²) in [5.74, 6) is 0.351. The van der Waals surface area contributed by atoms with Gasteiger partial charge in [0.1, 0.15) is 4.90 Å². The van der Waals surface area contributed by atoms with Gasteiger partial charge in [-0.05, 0) is 0 Å². The van der Waals surface area contributed by atoms with Gasteiger partial charge in [-0.1, -0.05) is 0 Å². The summed E-state index contributed by atoms with van der Waals surface area (Å²) in [6.45, 7) is -0.193. The minimum atomic E-state index is -3.61. The van der Waals surface area contributed by atoms with Gasteiger partial charge in [0.05, 0.1) is 19.0 Å². The second-order valence-electron chi connectivity index (χ2n) is 3.04. The Bertz CT molecular complexity index is 431. The number of likely N-dealkylation sites (N-methyl/N-ethyl adjacent to an activating group) is 1. The third-order valence-electron chi connectivity index (χ3n) is 1.97. The van der Waals surface area contributed by atoms with Crippen molar-refractivity contribution < 1.29 is 13.5 Å². The van der Waals surface area contributed by atoms with E-state index in [0.29, 0.717) is 5.95 Å². The zero-order valence-electron chi connectivity index (χ0n) is 9.08. The van der Waals surface area contributed by atoms with Crippen LogP contribution in [0.4, 0.5) is 5.95 Å². The molecule has 1 rings (SSSR count). The maximum atomic E-state index is 11.8. The molecule has 90 valence electrons. The predicted octanol–water partition coefficient (Wildman–Crippen LogP) is -0.869. The second-order valence-corrected chi connectivity index (χ2v) is 5.09. The van der Waals surface area contributed by atoms with Crippen LogP contribution in [0.15, 0.2) is 17.3 Å². The fraction of sp³-hybridized carbons (Fsp3) is 0.500. The monoisotopic (exact) mass is 246 g/mol. The molecule has 0 aliphatic rings. The Balaban J connectivity index is 2.98. The Hall–Kier alpha value is -1.25. The number of aliphatic hydroxyl groups is 1. The molecule has 0 spiro atoms. The number of nitrogens with one attached hydrogen (secondary N) is 1. The summed E-state index contributed by atoms with van der Waals surface area (Å²) in [6, 6.07) is 0. The van der Waals surface area contributed by atoms with Crippen LogP contribution in [0.25, 0.3) is 0 Å². The van der Waals surface area contributed by atoms with Crippen LogP contribution in [-0.4, -0.2) is 55.0 Å². The van der Waals surface area contributed by atoms with Crippen molar-refractivity contribution in [1.29, 1.82) is 0 Å². The summed E-state index contributed by atoms with van der Waals surface area (Å²) in [5, 5.41) is 11.4. The molecule has 0 atom stereocenters. The second kappa shape index (κ2) is 5.19. The highest BCUT2D eigenvalue weighted by Crippen LogP contribution is 2.12. The van der Waals surface area contributed by atoms with Gasteiger partial charge < -0.3 is 10.4 Å². The van der Waals surface area contributed by atoms with Crippen LogP contribution >= 0.6 is 0 Å². The number of hydrogen-bond acceptors (Lipinski definition) is 6. The summed E-state index contributed by atoms with van der Waals surface area (Å²) in [5.41, 5.74) is 0. The van der Waals surface area contributed by atoms with E-state index < -0.39 is 10.0 Å². The lowest BCUT2D eigenvalue weighted by molar-refractivity contribution is 0.266. The number of sulfonamides is 1. The van der Waals surface area contributed by atoms with Gasteiger partial charge in [-0.25, -0.2) is 18.4 Å². The Morgan fingerprint density at radius 1 is 1.44 bits per heavy atom. The summed E-state index contributed by atoms with van der Waals surface area (Å²) < 4.78 is 24.7. The van der Waals surface area contributed by atoms with Gasteiger partial charge in [0.25, 0.3) is 0 Å². The van der Waals surface area contributed by atoms with E-state index in [0.717, 1.165) is 4.31 Å². The molecule has 0 amide bonds. The first-order valence-electron chi connectivity index (χ1n) is 4.59. The van der Waals surface area contributed by atoms with E-state index in [4.69, 9.17) is 5.11 Å². The number of aliphatic hydroxyl groups excluding tert-OH is 1. The SMILES string of the molecule is CNc1ncc(S(=O)(=O)N(C)CCO)cn1. The van der Waals surface area contributed by atoms with Gasteiger partial charge >= 0.3 is 0 Å². The molecule has 8 heteroatoms. The van der Waals surface area contributed by atoms with Crippen molar-refractivity contribution >= 4 is 16.0 Å². The maximum Gasteiger partial charge on any atom is 0.245 e. The van der Waals surface area contributed by atoms with E-state index in [1.165, 1.54) is 19.4 Å². The molecule has 16 heavy (non-hydrogen) atoms. The number of hydrogen-bond donors (Lipinski definition) is 2. The molecule has 0 fully saturated rings. The minimum absolute atomic E-state index is 0.00227. The topological polar surface area (TPSA) is 95.4 Å². The molecule has 0 aliphatic heterocycles. The van der Waals surface area contributed by atoms with Crippen LogP contribution in [0.1, 0.15) is 0 Å². The summed E-state index contributed by atoms with van der Waals surface area (Å²) >= 11 is 0. The molecule has 0 saturated carbocycles. The van der Waals surface area contributed by atoms with Gasteiger partial charge in [0.15, 0.2) is 0 Å². The molecule has 1 aromatic heterocycles. The van der Waals surface area contributed by atoms with Crippen molar-refractivity contribution in [2.45, 2.75) is 4.90 Å². The van der Waals surface area contributed by atoms with Gasteiger partial charge in [-0.2, -0.15) is 4.31 Å². The van der Waals surface area contributed by atoms with Crippen molar-refractivity contribution in [1.82, 2.24) is 14.3 Å². The van der Waals surface area contributed by atoms with Gasteiger partial charge in [0, 0.05) is 20.6 Å². The largest absolute Gasteiger partial charge is 0.395 e. The summed E-state index contributed by atoms with van der Waals surface area (Å²) in [7, 11) is -0.579. The number of nitrogens with zero attached hydrogens (tertiary/aromatic N) is 3. The molecule has 0 radical (unpaired) electrons. The third kappa shape index (κ3) is 2.65. The lowest BCUT2D eigenvalue weighted by Crippen LogP contribution is -2.29. The smallest absolute Gasteiger partial charge is 0.245 e. The Labute approximate surface area is 94.2 Å². The third-order valence-corrected chi connectivity index (χ3v) is 3.78. The standard InChI is InChI=1S/C8H14N4O3S/c1-9-8-10-5-7(6-11-8)16(14,15)12(2)3-4-13/h5-6,13H,3-4H2,1-2H3,(H,9,10,11). The van der Waals surface area contributed by atoms with Crippen molar-refractivity contribution in [2.75, 3.05) is 32.6 Å².